The molecular formula is C18H30BNO2. The molecule has 22 heavy (non-hydrogen) atoms. The van der Waals surface area contributed by atoms with E-state index in [1.807, 2.05) is 12.1 Å². The minimum atomic E-state index is -0.785. The van der Waals surface area contributed by atoms with Crippen molar-refractivity contribution in [1.29, 1.82) is 0 Å². The van der Waals surface area contributed by atoms with E-state index < -0.39 is 11.1 Å². The fourth-order valence-electron chi connectivity index (χ4n) is 2.02. The second-order valence-electron chi connectivity index (χ2n) is 7.58. The van der Waals surface area contributed by atoms with Crippen molar-refractivity contribution in [2.75, 3.05) is 13.2 Å². The quantitative estimate of drug-likeness (QED) is 0.822. The predicted molar refractivity (Wildman–Crippen MR) is 93.8 cm³/mol. The Morgan fingerprint density at radius 1 is 1.18 bits per heavy atom. The van der Waals surface area contributed by atoms with Crippen LogP contribution in [0.5, 0.6) is 0 Å². The number of aliphatic hydroxyl groups is 1. The molecule has 1 aromatic carbocycles. The molecule has 2 rings (SSSR count). The van der Waals surface area contributed by atoms with Crippen LogP contribution < -0.4 is 11.2 Å². The second-order valence-corrected chi connectivity index (χ2v) is 7.58. The first-order valence-electron chi connectivity index (χ1n) is 7.91. The van der Waals surface area contributed by atoms with Crippen LogP contribution in [0.3, 0.4) is 0 Å². The summed E-state index contributed by atoms with van der Waals surface area (Å²) in [5.41, 5.74) is 6.73. The standard InChI is InChI=1S/C12H15BO.C6H15NO/c1-12(5-7-14-8-6-12)10-3-2-4-11(13)9-10;1-5(2,7)6(3,4)8/h2-4,9H,5-8H2,1H3;8H,7H2,1-4H3. The van der Waals surface area contributed by atoms with E-state index in [0.29, 0.717) is 0 Å². The second kappa shape index (κ2) is 7.16. The van der Waals surface area contributed by atoms with Gasteiger partial charge in [-0.05, 0) is 51.5 Å². The van der Waals surface area contributed by atoms with E-state index in [4.69, 9.17) is 18.3 Å². The molecule has 1 aliphatic heterocycles. The molecule has 0 aliphatic carbocycles. The lowest BCUT2D eigenvalue weighted by Crippen LogP contribution is -2.52. The topological polar surface area (TPSA) is 55.5 Å². The molecule has 0 spiro atoms. The number of rotatable bonds is 2. The summed E-state index contributed by atoms with van der Waals surface area (Å²) >= 11 is 0. The molecule has 0 unspecified atom stereocenters. The zero-order valence-electron chi connectivity index (χ0n) is 14.6. The maximum Gasteiger partial charge on any atom is 0.113 e. The van der Waals surface area contributed by atoms with Gasteiger partial charge in [-0.3, -0.25) is 0 Å². The van der Waals surface area contributed by atoms with Crippen LogP contribution >= 0.6 is 0 Å². The molecule has 0 atom stereocenters. The summed E-state index contributed by atoms with van der Waals surface area (Å²) in [5.74, 6) is 0. The van der Waals surface area contributed by atoms with Crippen LogP contribution in [-0.4, -0.2) is 37.3 Å². The minimum absolute atomic E-state index is 0.258. The van der Waals surface area contributed by atoms with Crippen molar-refractivity contribution in [2.45, 2.75) is 64.0 Å². The monoisotopic (exact) mass is 303 g/mol. The lowest BCUT2D eigenvalue weighted by atomic mass is 9.74. The van der Waals surface area contributed by atoms with Crippen molar-refractivity contribution >= 4 is 13.3 Å². The van der Waals surface area contributed by atoms with Crippen LogP contribution in [-0.2, 0) is 10.2 Å². The Morgan fingerprint density at radius 2 is 1.68 bits per heavy atom. The molecule has 4 heteroatoms. The first-order valence-corrected chi connectivity index (χ1v) is 7.91. The third kappa shape index (κ3) is 5.42. The van der Waals surface area contributed by atoms with Crippen LogP contribution in [0.15, 0.2) is 24.3 Å². The smallest absolute Gasteiger partial charge is 0.113 e. The Balaban J connectivity index is 0.000000261. The van der Waals surface area contributed by atoms with Crippen LogP contribution in [0.2, 0.25) is 0 Å². The lowest BCUT2D eigenvalue weighted by Gasteiger charge is -2.34. The number of benzene rings is 1. The molecule has 0 aromatic heterocycles. The summed E-state index contributed by atoms with van der Waals surface area (Å²) in [6.07, 6.45) is 2.19. The van der Waals surface area contributed by atoms with Crippen molar-refractivity contribution < 1.29 is 9.84 Å². The van der Waals surface area contributed by atoms with Gasteiger partial charge < -0.3 is 15.6 Å². The number of nitrogens with two attached hydrogens (primary N) is 1. The molecule has 2 radical (unpaired) electrons. The maximum atomic E-state index is 9.23. The summed E-state index contributed by atoms with van der Waals surface area (Å²) in [5, 5.41) is 9.23. The van der Waals surface area contributed by atoms with Gasteiger partial charge in [0.25, 0.3) is 0 Å². The molecule has 1 saturated heterocycles. The van der Waals surface area contributed by atoms with Crippen molar-refractivity contribution in [3.05, 3.63) is 29.8 Å². The molecule has 122 valence electrons. The summed E-state index contributed by atoms with van der Waals surface area (Å²) in [6.45, 7) is 11.0. The van der Waals surface area contributed by atoms with Crippen LogP contribution in [0, 0.1) is 0 Å². The van der Waals surface area contributed by atoms with Gasteiger partial charge in [-0.15, -0.1) is 0 Å². The Bertz CT molecular complexity index is 457. The Labute approximate surface area is 136 Å². The fourth-order valence-corrected chi connectivity index (χ4v) is 2.02. The predicted octanol–water partition coefficient (Wildman–Crippen LogP) is 2.04. The average molecular weight is 303 g/mol. The van der Waals surface area contributed by atoms with Crippen molar-refractivity contribution in [3.63, 3.8) is 0 Å². The SMILES string of the molecule is CC(C)(N)C(C)(C)O.[B]c1cccc(C2(C)CCOCC2)c1. The normalized spacial score (nSPS) is 18.3. The van der Waals surface area contributed by atoms with Crippen molar-refractivity contribution in [1.82, 2.24) is 0 Å². The van der Waals surface area contributed by atoms with E-state index in [2.05, 4.69) is 19.1 Å². The van der Waals surface area contributed by atoms with Gasteiger partial charge >= 0.3 is 0 Å². The van der Waals surface area contributed by atoms with Gasteiger partial charge in [0.1, 0.15) is 7.85 Å². The maximum absolute atomic E-state index is 9.23. The summed E-state index contributed by atoms with van der Waals surface area (Å²) < 4.78 is 5.39. The van der Waals surface area contributed by atoms with Gasteiger partial charge in [0.15, 0.2) is 0 Å². The first kappa shape index (κ1) is 19.2. The average Bonchev–Trinajstić information content (AvgIpc) is 2.38. The van der Waals surface area contributed by atoms with E-state index >= 15 is 0 Å². The highest BCUT2D eigenvalue weighted by Crippen LogP contribution is 2.33. The van der Waals surface area contributed by atoms with Gasteiger partial charge in [0.05, 0.1) is 5.60 Å². The lowest BCUT2D eigenvalue weighted by molar-refractivity contribution is 0.0144. The number of ether oxygens (including phenoxy) is 1. The van der Waals surface area contributed by atoms with E-state index in [9.17, 15) is 5.11 Å². The highest BCUT2D eigenvalue weighted by molar-refractivity contribution is 6.32. The van der Waals surface area contributed by atoms with E-state index in [-0.39, 0.29) is 5.41 Å². The highest BCUT2D eigenvalue weighted by atomic mass is 16.5. The number of hydrogen-bond acceptors (Lipinski definition) is 3. The van der Waals surface area contributed by atoms with Crippen LogP contribution in [0.4, 0.5) is 0 Å². The van der Waals surface area contributed by atoms with Gasteiger partial charge in [0, 0.05) is 18.8 Å². The largest absolute Gasteiger partial charge is 0.389 e. The highest BCUT2D eigenvalue weighted by Gasteiger charge is 2.30. The molecule has 1 aliphatic rings. The van der Waals surface area contributed by atoms with Crippen molar-refractivity contribution in [3.8, 4) is 0 Å². The first-order chi connectivity index (χ1) is 9.96. The van der Waals surface area contributed by atoms with Gasteiger partial charge in [-0.25, -0.2) is 0 Å². The van der Waals surface area contributed by atoms with Gasteiger partial charge in [0.2, 0.25) is 0 Å². The van der Waals surface area contributed by atoms with Gasteiger partial charge in [-0.1, -0.05) is 36.7 Å². The fraction of sp³-hybridized carbons (Fsp3) is 0.667. The third-order valence-electron chi connectivity index (χ3n) is 4.76. The molecule has 1 fully saturated rings. The number of hydrogen-bond donors (Lipinski definition) is 2. The van der Waals surface area contributed by atoms with Crippen molar-refractivity contribution in [2.24, 2.45) is 5.73 Å². The zero-order valence-corrected chi connectivity index (χ0v) is 14.6. The minimum Gasteiger partial charge on any atom is -0.389 e. The summed E-state index contributed by atoms with van der Waals surface area (Å²) in [6, 6.07) is 8.23. The molecular weight excluding hydrogens is 273 g/mol. The molecule has 1 heterocycles. The van der Waals surface area contributed by atoms with Crippen LogP contribution in [0.1, 0.15) is 53.0 Å². The van der Waals surface area contributed by atoms with E-state index in [1.54, 1.807) is 27.7 Å². The molecule has 0 saturated carbocycles. The van der Waals surface area contributed by atoms with E-state index in [1.165, 1.54) is 5.56 Å². The summed E-state index contributed by atoms with van der Waals surface area (Å²) in [4.78, 5) is 0. The molecule has 3 N–H and O–H groups in total. The van der Waals surface area contributed by atoms with Gasteiger partial charge in [-0.2, -0.15) is 0 Å². The Morgan fingerprint density at radius 3 is 2.09 bits per heavy atom. The molecule has 0 bridgehead atoms. The zero-order chi connectivity index (χ0) is 17.0. The molecule has 1 aromatic rings. The molecule has 0 amide bonds. The van der Waals surface area contributed by atoms with Crippen LogP contribution in [0.25, 0.3) is 0 Å². The Kier molecular flexibility index (Phi) is 6.25. The summed E-state index contributed by atoms with van der Waals surface area (Å²) in [7, 11) is 5.79. The Hall–Kier alpha value is -0.835. The third-order valence-corrected chi connectivity index (χ3v) is 4.76. The molecule has 3 nitrogen and oxygen atoms in total. The van der Waals surface area contributed by atoms with E-state index in [0.717, 1.165) is 31.5 Å².